The van der Waals surface area contributed by atoms with E-state index in [1.54, 1.807) is 0 Å². The van der Waals surface area contributed by atoms with Crippen molar-refractivity contribution in [3.63, 3.8) is 0 Å². The number of benzene rings is 2. The van der Waals surface area contributed by atoms with Crippen LogP contribution < -0.4 is 16.4 Å². The molecule has 1 fully saturated rings. The number of carboxylic acid groups (broad SMARTS) is 2. The molecule has 0 spiro atoms. The van der Waals surface area contributed by atoms with Crippen LogP contribution >= 0.6 is 0 Å². The molecule has 3 heterocycles. The van der Waals surface area contributed by atoms with Gasteiger partial charge in [-0.05, 0) is 55.8 Å². The van der Waals surface area contributed by atoms with E-state index in [2.05, 4.69) is 20.6 Å². The summed E-state index contributed by atoms with van der Waals surface area (Å²) in [6.07, 6.45) is -0.934. The number of aliphatic carboxylic acids is 2. The van der Waals surface area contributed by atoms with E-state index in [9.17, 15) is 13.2 Å². The molecule has 6 N–H and O–H groups in total. The Kier molecular flexibility index (Phi) is 10.8. The molecule has 1 aliphatic heterocycles. The molecule has 1 saturated heterocycles. The van der Waals surface area contributed by atoms with Gasteiger partial charge >= 0.3 is 6.18 Å². The molecule has 0 saturated carbocycles. The summed E-state index contributed by atoms with van der Waals surface area (Å²) < 4.78 is 40.2. The summed E-state index contributed by atoms with van der Waals surface area (Å²) in [7, 11) is 0. The summed E-state index contributed by atoms with van der Waals surface area (Å²) in [5.41, 5.74) is 9.53. The number of hydrogen-bond donors (Lipinski definition) is 5. The van der Waals surface area contributed by atoms with Crippen LogP contribution in [0.4, 0.5) is 24.7 Å². The fraction of sp³-hybridized carbons (Fsp3) is 0.321. The molecule has 0 amide bonds. The van der Waals surface area contributed by atoms with Crippen LogP contribution in [0.15, 0.2) is 54.9 Å². The van der Waals surface area contributed by atoms with Gasteiger partial charge < -0.3 is 26.6 Å². The fourth-order valence-electron chi connectivity index (χ4n) is 4.26. The number of nitrogens with one attached hydrogen (secondary N) is 2. The van der Waals surface area contributed by atoms with Crippen LogP contribution in [0.5, 0.6) is 0 Å². The molecule has 42 heavy (non-hydrogen) atoms. The zero-order chi connectivity index (χ0) is 30.9. The number of anilines is 2. The molecule has 1 aliphatic rings. The Labute approximate surface area is 239 Å². The average Bonchev–Trinajstić information content (AvgIpc) is 3.33. The highest BCUT2D eigenvalue weighted by Gasteiger charge is 2.30. The predicted molar refractivity (Wildman–Crippen MR) is 152 cm³/mol. The third-order valence-electron chi connectivity index (χ3n) is 6.11. The number of nitrogens with zero attached hydrogens (tertiary/aromatic N) is 4. The van der Waals surface area contributed by atoms with Crippen molar-refractivity contribution in [2.24, 2.45) is 0 Å². The molecule has 0 atom stereocenters. The van der Waals surface area contributed by atoms with Gasteiger partial charge in [0.2, 0.25) is 0 Å². The van der Waals surface area contributed by atoms with E-state index in [0.29, 0.717) is 12.4 Å². The number of aromatic nitrogens is 4. The van der Waals surface area contributed by atoms with Gasteiger partial charge in [0.15, 0.2) is 5.65 Å². The van der Waals surface area contributed by atoms with Crippen molar-refractivity contribution >= 4 is 34.5 Å². The second kappa shape index (κ2) is 14.3. The smallest absolute Gasteiger partial charge is 0.416 e. The SMILES string of the molecule is CC(=O)O.CC(=O)O.Nc1ncnc2c1c(-c1ccc(NCc3ccc(C(F)(F)F)cc3)cc1)nn2C1CCNCC1. The number of rotatable bonds is 5. The van der Waals surface area contributed by atoms with Crippen LogP contribution in [0.3, 0.4) is 0 Å². The summed E-state index contributed by atoms with van der Waals surface area (Å²) in [6.45, 7) is 4.44. The Morgan fingerprint density at radius 1 is 1.00 bits per heavy atom. The molecule has 14 heteroatoms. The average molecular weight is 588 g/mol. The third kappa shape index (κ3) is 8.89. The van der Waals surface area contributed by atoms with E-state index >= 15 is 0 Å². The largest absolute Gasteiger partial charge is 0.481 e. The Bertz CT molecular complexity index is 1460. The molecular formula is C28H32F3N7O4. The molecule has 5 rings (SSSR count). The van der Waals surface area contributed by atoms with E-state index in [4.69, 9.17) is 30.6 Å². The number of carboxylic acids is 2. The monoisotopic (exact) mass is 587 g/mol. The quantitative estimate of drug-likeness (QED) is 0.218. The molecule has 0 unspecified atom stereocenters. The Morgan fingerprint density at radius 2 is 1.57 bits per heavy atom. The minimum Gasteiger partial charge on any atom is -0.481 e. The van der Waals surface area contributed by atoms with Crippen molar-refractivity contribution < 1.29 is 33.0 Å². The first-order valence-corrected chi connectivity index (χ1v) is 13.0. The topological polar surface area (TPSA) is 168 Å². The maximum Gasteiger partial charge on any atom is 0.416 e. The number of hydrogen-bond acceptors (Lipinski definition) is 8. The number of nitrogens with two attached hydrogens (primary N) is 1. The molecule has 0 radical (unpaired) electrons. The van der Waals surface area contributed by atoms with Gasteiger partial charge in [0, 0.05) is 31.6 Å². The van der Waals surface area contributed by atoms with Gasteiger partial charge in [0.25, 0.3) is 11.9 Å². The first kappa shape index (κ1) is 31.8. The zero-order valence-corrected chi connectivity index (χ0v) is 23.0. The fourth-order valence-corrected chi connectivity index (χ4v) is 4.26. The number of piperidine rings is 1. The molecule has 2 aromatic heterocycles. The summed E-state index contributed by atoms with van der Waals surface area (Å²) in [5, 5.41) is 27.1. The van der Waals surface area contributed by atoms with Crippen molar-refractivity contribution in [3.8, 4) is 11.3 Å². The van der Waals surface area contributed by atoms with Crippen molar-refractivity contribution in [1.29, 1.82) is 0 Å². The predicted octanol–water partition coefficient (Wildman–Crippen LogP) is 4.81. The highest BCUT2D eigenvalue weighted by Crippen LogP contribution is 2.34. The number of alkyl halides is 3. The first-order valence-electron chi connectivity index (χ1n) is 13.0. The number of fused-ring (bicyclic) bond motifs is 1. The molecule has 2 aromatic carbocycles. The van der Waals surface area contributed by atoms with Gasteiger partial charge in [-0.2, -0.15) is 18.3 Å². The van der Waals surface area contributed by atoms with Gasteiger partial charge in [-0.1, -0.05) is 24.3 Å². The molecule has 0 aliphatic carbocycles. The third-order valence-corrected chi connectivity index (χ3v) is 6.11. The van der Waals surface area contributed by atoms with E-state index in [-0.39, 0.29) is 6.04 Å². The molecule has 11 nitrogen and oxygen atoms in total. The zero-order valence-electron chi connectivity index (χ0n) is 23.0. The van der Waals surface area contributed by atoms with Gasteiger partial charge in [0.1, 0.15) is 17.8 Å². The molecular weight excluding hydrogens is 555 g/mol. The summed E-state index contributed by atoms with van der Waals surface area (Å²) in [4.78, 5) is 26.6. The Balaban J connectivity index is 0.000000540. The number of carbonyl (C=O) groups is 2. The van der Waals surface area contributed by atoms with Crippen LogP contribution in [0.1, 0.15) is 43.9 Å². The second-order valence-corrected chi connectivity index (χ2v) is 9.40. The normalized spacial score (nSPS) is 13.4. The highest BCUT2D eigenvalue weighted by molar-refractivity contribution is 5.98. The lowest BCUT2D eigenvalue weighted by atomic mass is 10.1. The van der Waals surface area contributed by atoms with Crippen molar-refractivity contribution in [1.82, 2.24) is 25.1 Å². The minimum absolute atomic E-state index is 0.247. The number of nitrogen functional groups attached to an aromatic ring is 1. The highest BCUT2D eigenvalue weighted by atomic mass is 19.4. The maximum atomic E-state index is 12.7. The standard InChI is InChI=1S/C24H24F3N7.2C2H4O2/c25-24(26,27)17-5-1-15(2-6-17)13-30-18-7-3-16(4-8-18)21-20-22(28)31-14-32-23(20)34(33-21)19-9-11-29-12-10-19;2*1-2(3)4/h1-8,14,19,29-30H,9-13H2,(H2,28,31,32);2*1H3,(H,3,4). The molecule has 224 valence electrons. The molecule has 4 aromatic rings. The van der Waals surface area contributed by atoms with Crippen LogP contribution in [0, 0.1) is 0 Å². The van der Waals surface area contributed by atoms with Crippen LogP contribution in [0.25, 0.3) is 22.3 Å². The van der Waals surface area contributed by atoms with Crippen LogP contribution in [-0.2, 0) is 22.3 Å². The van der Waals surface area contributed by atoms with E-state index in [0.717, 1.165) is 85.5 Å². The summed E-state index contributed by atoms with van der Waals surface area (Å²) >= 11 is 0. The van der Waals surface area contributed by atoms with Gasteiger partial charge in [0.05, 0.1) is 17.0 Å². The minimum atomic E-state index is -4.33. The Hall–Kier alpha value is -4.72. The van der Waals surface area contributed by atoms with E-state index < -0.39 is 23.7 Å². The lowest BCUT2D eigenvalue weighted by Gasteiger charge is -2.23. The maximum absolute atomic E-state index is 12.7. The van der Waals surface area contributed by atoms with Crippen molar-refractivity contribution in [2.75, 3.05) is 24.1 Å². The van der Waals surface area contributed by atoms with Crippen LogP contribution in [-0.4, -0.2) is 55.0 Å². The molecule has 0 bridgehead atoms. The number of halogens is 3. The van der Waals surface area contributed by atoms with Gasteiger partial charge in [-0.25, -0.2) is 14.6 Å². The second-order valence-electron chi connectivity index (χ2n) is 9.40. The van der Waals surface area contributed by atoms with Crippen molar-refractivity contribution in [3.05, 3.63) is 66.0 Å². The Morgan fingerprint density at radius 3 is 2.12 bits per heavy atom. The van der Waals surface area contributed by atoms with Gasteiger partial charge in [-0.15, -0.1) is 0 Å². The van der Waals surface area contributed by atoms with E-state index in [1.165, 1.54) is 18.5 Å². The van der Waals surface area contributed by atoms with Crippen molar-refractivity contribution in [2.45, 2.75) is 45.5 Å². The lowest BCUT2D eigenvalue weighted by Crippen LogP contribution is -2.30. The van der Waals surface area contributed by atoms with E-state index in [1.807, 2.05) is 28.9 Å². The summed E-state index contributed by atoms with van der Waals surface area (Å²) in [6, 6.07) is 13.1. The summed E-state index contributed by atoms with van der Waals surface area (Å²) in [5.74, 6) is -1.27. The van der Waals surface area contributed by atoms with Crippen LogP contribution in [0.2, 0.25) is 0 Å². The first-order chi connectivity index (χ1) is 19.9. The lowest BCUT2D eigenvalue weighted by molar-refractivity contribution is -0.138. The van der Waals surface area contributed by atoms with Gasteiger partial charge in [-0.3, -0.25) is 9.59 Å².